The van der Waals surface area contributed by atoms with E-state index in [0.717, 1.165) is 32.7 Å². The van der Waals surface area contributed by atoms with Gasteiger partial charge in [0.15, 0.2) is 0 Å². The topological polar surface area (TPSA) is 25.8 Å². The average Bonchev–Trinajstić information content (AvgIpc) is 2.97. The summed E-state index contributed by atoms with van der Waals surface area (Å²) in [6.07, 6.45) is 4.74. The van der Waals surface area contributed by atoms with Gasteiger partial charge in [0.1, 0.15) is 5.01 Å². The second kappa shape index (κ2) is 5.85. The number of thiazole rings is 1. The van der Waals surface area contributed by atoms with E-state index in [1.165, 1.54) is 5.56 Å². The molecule has 0 aliphatic rings. The molecule has 2 nitrogen and oxygen atoms in total. The Balaban J connectivity index is 2.00. The molecule has 0 aliphatic carbocycles. The summed E-state index contributed by atoms with van der Waals surface area (Å²) < 4.78 is 1.08. The van der Waals surface area contributed by atoms with E-state index in [4.69, 9.17) is 4.98 Å². The molecular weight excluding hydrogens is 332 g/mol. The molecule has 0 saturated carbocycles. The van der Waals surface area contributed by atoms with Gasteiger partial charge in [0, 0.05) is 33.4 Å². The molecule has 3 aromatic rings. The number of benzene rings is 1. The van der Waals surface area contributed by atoms with Crippen molar-refractivity contribution in [2.24, 2.45) is 0 Å². The van der Waals surface area contributed by atoms with Gasteiger partial charge in [-0.05, 0) is 30.2 Å². The second-order valence-corrected chi connectivity index (χ2v) is 6.20. The standard InChI is InChI=1S/C16H13BrN2S/c1-2-11-7-8-18-9-14(11)16-19-15(10-20-16)12-3-5-13(17)6-4-12/h3-10H,2H2,1H3. The molecule has 0 N–H and O–H groups in total. The molecule has 0 fully saturated rings. The first-order valence-electron chi connectivity index (χ1n) is 6.42. The fourth-order valence-corrected chi connectivity index (χ4v) is 3.21. The van der Waals surface area contributed by atoms with Crippen LogP contribution in [0.3, 0.4) is 0 Å². The van der Waals surface area contributed by atoms with Crippen LogP contribution in [0.5, 0.6) is 0 Å². The maximum atomic E-state index is 4.75. The zero-order chi connectivity index (χ0) is 13.9. The maximum Gasteiger partial charge on any atom is 0.125 e. The third kappa shape index (κ3) is 2.67. The summed E-state index contributed by atoms with van der Waals surface area (Å²) >= 11 is 5.12. The van der Waals surface area contributed by atoms with Gasteiger partial charge in [0.2, 0.25) is 0 Å². The van der Waals surface area contributed by atoms with Crippen molar-refractivity contribution in [3.8, 4) is 21.8 Å². The highest BCUT2D eigenvalue weighted by atomic mass is 79.9. The number of rotatable bonds is 3. The van der Waals surface area contributed by atoms with Gasteiger partial charge >= 0.3 is 0 Å². The lowest BCUT2D eigenvalue weighted by Crippen LogP contribution is -1.88. The fraction of sp³-hybridized carbons (Fsp3) is 0.125. The molecule has 4 heteroatoms. The third-order valence-corrected chi connectivity index (χ3v) is 4.57. The minimum atomic E-state index is 0.991. The molecule has 100 valence electrons. The summed E-state index contributed by atoms with van der Waals surface area (Å²) in [5.74, 6) is 0. The second-order valence-electron chi connectivity index (χ2n) is 4.43. The van der Waals surface area contributed by atoms with Crippen LogP contribution in [0.4, 0.5) is 0 Å². The Bertz CT molecular complexity index is 719. The predicted molar refractivity (Wildman–Crippen MR) is 87.9 cm³/mol. The molecule has 0 bridgehead atoms. The van der Waals surface area contributed by atoms with Crippen LogP contribution < -0.4 is 0 Å². The van der Waals surface area contributed by atoms with Crippen molar-refractivity contribution in [2.75, 3.05) is 0 Å². The zero-order valence-corrected chi connectivity index (χ0v) is 13.4. The lowest BCUT2D eigenvalue weighted by atomic mass is 10.1. The zero-order valence-electron chi connectivity index (χ0n) is 11.0. The van der Waals surface area contributed by atoms with Crippen molar-refractivity contribution in [2.45, 2.75) is 13.3 Å². The molecule has 1 aromatic carbocycles. The minimum Gasteiger partial charge on any atom is -0.264 e. The highest BCUT2D eigenvalue weighted by molar-refractivity contribution is 9.10. The van der Waals surface area contributed by atoms with Crippen LogP contribution in [0.15, 0.2) is 52.6 Å². The molecule has 0 aliphatic heterocycles. The van der Waals surface area contributed by atoms with Crippen LogP contribution in [0.1, 0.15) is 12.5 Å². The smallest absolute Gasteiger partial charge is 0.125 e. The lowest BCUT2D eigenvalue weighted by molar-refractivity contribution is 1.12. The summed E-state index contributed by atoms with van der Waals surface area (Å²) in [5, 5.41) is 3.14. The molecule has 0 amide bonds. The lowest BCUT2D eigenvalue weighted by Gasteiger charge is -2.03. The Morgan fingerprint density at radius 3 is 2.70 bits per heavy atom. The van der Waals surface area contributed by atoms with Crippen molar-refractivity contribution >= 4 is 27.3 Å². The highest BCUT2D eigenvalue weighted by Crippen LogP contribution is 2.31. The van der Waals surface area contributed by atoms with E-state index in [1.54, 1.807) is 11.3 Å². The first kappa shape index (κ1) is 13.5. The van der Waals surface area contributed by atoms with E-state index in [2.05, 4.69) is 51.4 Å². The van der Waals surface area contributed by atoms with Crippen molar-refractivity contribution < 1.29 is 0 Å². The maximum absolute atomic E-state index is 4.75. The van der Waals surface area contributed by atoms with Crippen LogP contribution >= 0.6 is 27.3 Å². The molecule has 0 saturated heterocycles. The van der Waals surface area contributed by atoms with E-state index in [1.807, 2.05) is 24.5 Å². The monoisotopic (exact) mass is 344 g/mol. The number of hydrogen-bond donors (Lipinski definition) is 0. The molecule has 0 radical (unpaired) electrons. The normalized spacial score (nSPS) is 10.7. The fourth-order valence-electron chi connectivity index (χ4n) is 2.07. The van der Waals surface area contributed by atoms with E-state index in [0.29, 0.717) is 0 Å². The summed E-state index contributed by atoms with van der Waals surface area (Å²) in [6, 6.07) is 10.3. The Morgan fingerprint density at radius 1 is 1.15 bits per heavy atom. The Morgan fingerprint density at radius 2 is 1.95 bits per heavy atom. The first-order chi connectivity index (χ1) is 9.78. The van der Waals surface area contributed by atoms with Crippen LogP contribution in [0.2, 0.25) is 0 Å². The van der Waals surface area contributed by atoms with Gasteiger partial charge in [0.05, 0.1) is 5.69 Å². The van der Waals surface area contributed by atoms with Gasteiger partial charge in [-0.1, -0.05) is 35.0 Å². The van der Waals surface area contributed by atoms with Gasteiger partial charge in [0.25, 0.3) is 0 Å². The van der Waals surface area contributed by atoms with Gasteiger partial charge < -0.3 is 0 Å². The molecule has 2 heterocycles. The van der Waals surface area contributed by atoms with Crippen molar-refractivity contribution in [3.63, 3.8) is 0 Å². The van der Waals surface area contributed by atoms with Gasteiger partial charge in [-0.25, -0.2) is 4.98 Å². The van der Waals surface area contributed by atoms with E-state index >= 15 is 0 Å². The molecular formula is C16H13BrN2S. The predicted octanol–water partition coefficient (Wildman–Crippen LogP) is 5.20. The molecule has 0 atom stereocenters. The Labute approximate surface area is 130 Å². The van der Waals surface area contributed by atoms with Gasteiger partial charge in [-0.2, -0.15) is 0 Å². The summed E-state index contributed by atoms with van der Waals surface area (Å²) in [7, 11) is 0. The summed E-state index contributed by atoms with van der Waals surface area (Å²) in [5.41, 5.74) is 4.58. The number of hydrogen-bond acceptors (Lipinski definition) is 3. The number of nitrogens with zero attached hydrogens (tertiary/aromatic N) is 2. The van der Waals surface area contributed by atoms with Crippen LogP contribution in [0, 0.1) is 0 Å². The Kier molecular flexibility index (Phi) is 3.94. The molecule has 20 heavy (non-hydrogen) atoms. The third-order valence-electron chi connectivity index (χ3n) is 3.17. The van der Waals surface area contributed by atoms with E-state index in [-0.39, 0.29) is 0 Å². The number of pyridine rings is 1. The van der Waals surface area contributed by atoms with E-state index in [9.17, 15) is 0 Å². The SMILES string of the molecule is CCc1ccncc1-c1nc(-c2ccc(Br)cc2)cs1. The summed E-state index contributed by atoms with van der Waals surface area (Å²) in [4.78, 5) is 8.98. The van der Waals surface area contributed by atoms with Crippen molar-refractivity contribution in [1.29, 1.82) is 0 Å². The van der Waals surface area contributed by atoms with Crippen molar-refractivity contribution in [1.82, 2.24) is 9.97 Å². The van der Waals surface area contributed by atoms with E-state index < -0.39 is 0 Å². The Hall–Kier alpha value is -1.52. The van der Waals surface area contributed by atoms with Crippen LogP contribution in [-0.4, -0.2) is 9.97 Å². The number of aromatic nitrogens is 2. The molecule has 2 aromatic heterocycles. The largest absolute Gasteiger partial charge is 0.264 e. The minimum absolute atomic E-state index is 0.991. The molecule has 0 unspecified atom stereocenters. The number of halogens is 1. The van der Waals surface area contributed by atoms with Gasteiger partial charge in [-0.15, -0.1) is 11.3 Å². The summed E-state index contributed by atoms with van der Waals surface area (Å²) in [6.45, 7) is 2.15. The van der Waals surface area contributed by atoms with Crippen LogP contribution in [-0.2, 0) is 6.42 Å². The quantitative estimate of drug-likeness (QED) is 0.652. The average molecular weight is 345 g/mol. The highest BCUT2D eigenvalue weighted by Gasteiger charge is 2.09. The first-order valence-corrected chi connectivity index (χ1v) is 8.10. The van der Waals surface area contributed by atoms with Gasteiger partial charge in [-0.3, -0.25) is 4.98 Å². The number of aryl methyl sites for hydroxylation is 1. The molecule has 3 rings (SSSR count). The molecule has 0 spiro atoms. The van der Waals surface area contributed by atoms with Crippen LogP contribution in [0.25, 0.3) is 21.8 Å². The van der Waals surface area contributed by atoms with Crippen molar-refractivity contribution in [3.05, 3.63) is 58.1 Å².